The molecule has 0 spiro atoms. The number of nitrogens with one attached hydrogen (secondary N) is 6. The molecule has 6 nitrogen and oxygen atoms in total. The number of alkyl halides is 6. The van der Waals surface area contributed by atoms with Crippen LogP contribution in [-0.2, 0) is 0 Å². The van der Waals surface area contributed by atoms with Gasteiger partial charge < -0.3 is 10.6 Å². The van der Waals surface area contributed by atoms with Crippen molar-refractivity contribution in [2.45, 2.75) is 12.6 Å². The summed E-state index contributed by atoms with van der Waals surface area (Å²) in [4.78, 5) is 0. The number of hydrogen-bond acceptors (Lipinski definition) is 2. The minimum atomic E-state index is -4.76. The molecule has 0 aliphatic heterocycles. The summed E-state index contributed by atoms with van der Waals surface area (Å²) in [6.07, 6.45) is -9.52. The Labute approximate surface area is 97.1 Å². The molecule has 0 saturated carbocycles. The van der Waals surface area contributed by atoms with Crippen LogP contribution >= 0.6 is 0 Å². The van der Waals surface area contributed by atoms with E-state index in [1.165, 1.54) is 0 Å². The minimum absolute atomic E-state index is 0.274. The van der Waals surface area contributed by atoms with Crippen LogP contribution in [0.25, 0.3) is 0 Å². The monoisotopic (exact) mass is 280 g/mol. The van der Waals surface area contributed by atoms with Gasteiger partial charge in [0, 0.05) is 13.1 Å². The number of halogens is 6. The van der Waals surface area contributed by atoms with Crippen LogP contribution in [0.5, 0.6) is 0 Å². The topological polar surface area (TPSA) is 95.8 Å². The molecule has 0 heterocycles. The first-order valence-corrected chi connectivity index (χ1v) is 4.34. The molecule has 0 atom stereocenters. The van der Waals surface area contributed by atoms with E-state index >= 15 is 0 Å². The van der Waals surface area contributed by atoms with Crippen molar-refractivity contribution >= 4 is 11.9 Å². The van der Waals surface area contributed by atoms with Crippen LogP contribution in [0.4, 0.5) is 26.3 Å². The SMILES string of the molecule is N=C(NCCNC(=N)NC(F)(F)F)NC(F)(F)F. The van der Waals surface area contributed by atoms with Gasteiger partial charge in [-0.05, 0) is 0 Å². The lowest BCUT2D eigenvalue weighted by Gasteiger charge is -2.14. The molecule has 0 unspecified atom stereocenters. The highest BCUT2D eigenvalue weighted by Gasteiger charge is 2.29. The highest BCUT2D eigenvalue weighted by atomic mass is 19.4. The van der Waals surface area contributed by atoms with Crippen molar-refractivity contribution < 1.29 is 26.3 Å². The van der Waals surface area contributed by atoms with E-state index in [9.17, 15) is 26.3 Å². The van der Waals surface area contributed by atoms with Gasteiger partial charge in [-0.3, -0.25) is 21.5 Å². The van der Waals surface area contributed by atoms with Crippen molar-refractivity contribution in [3.8, 4) is 0 Å². The molecule has 0 saturated heterocycles. The standard InChI is InChI=1S/C6H10F6N6/c7-5(8,9)17-3(13)15-1-2-16-4(14)18-6(10,11)12/h1-2H2,(H3,13,15,17)(H3,14,16,18). The van der Waals surface area contributed by atoms with E-state index in [0.29, 0.717) is 0 Å². The maximum Gasteiger partial charge on any atom is 0.484 e. The van der Waals surface area contributed by atoms with Gasteiger partial charge in [-0.25, -0.2) is 0 Å². The molecule has 0 aliphatic carbocycles. The van der Waals surface area contributed by atoms with E-state index in [2.05, 4.69) is 0 Å². The summed E-state index contributed by atoms with van der Waals surface area (Å²) in [5.41, 5.74) is 0. The van der Waals surface area contributed by atoms with Crippen LogP contribution in [0.2, 0.25) is 0 Å². The first-order valence-electron chi connectivity index (χ1n) is 4.34. The fourth-order valence-corrected chi connectivity index (χ4v) is 0.747. The zero-order chi connectivity index (χ0) is 14.4. The zero-order valence-corrected chi connectivity index (χ0v) is 8.68. The molecule has 0 fully saturated rings. The predicted octanol–water partition coefficient (Wildman–Crippen LogP) is 0.254. The molecule has 0 aromatic rings. The summed E-state index contributed by atoms with van der Waals surface area (Å²) in [6.45, 7) is -0.548. The Hall–Kier alpha value is -1.88. The highest BCUT2D eigenvalue weighted by Crippen LogP contribution is 2.08. The average Bonchev–Trinajstić information content (AvgIpc) is 2.06. The maximum absolute atomic E-state index is 11.7. The van der Waals surface area contributed by atoms with Crippen LogP contribution in [0.3, 0.4) is 0 Å². The molecular formula is C6H10F6N6. The molecule has 6 N–H and O–H groups in total. The lowest BCUT2D eigenvalue weighted by Crippen LogP contribution is -2.49. The van der Waals surface area contributed by atoms with E-state index in [1.54, 1.807) is 0 Å². The normalized spacial score (nSPS) is 11.7. The fourth-order valence-electron chi connectivity index (χ4n) is 0.747. The summed E-state index contributed by atoms with van der Waals surface area (Å²) in [5, 5.41) is 19.1. The van der Waals surface area contributed by atoms with Gasteiger partial charge in [-0.1, -0.05) is 0 Å². The summed E-state index contributed by atoms with van der Waals surface area (Å²) in [5.74, 6) is -2.08. The lowest BCUT2D eigenvalue weighted by molar-refractivity contribution is -0.143. The average molecular weight is 280 g/mol. The van der Waals surface area contributed by atoms with Crippen LogP contribution < -0.4 is 21.3 Å². The zero-order valence-electron chi connectivity index (χ0n) is 8.68. The van der Waals surface area contributed by atoms with Crippen LogP contribution in [-0.4, -0.2) is 37.6 Å². The predicted molar refractivity (Wildman–Crippen MR) is 49.8 cm³/mol. The Bertz CT molecular complexity index is 266. The van der Waals surface area contributed by atoms with Crippen molar-refractivity contribution in [2.24, 2.45) is 0 Å². The van der Waals surface area contributed by atoms with E-state index in [0.717, 1.165) is 10.6 Å². The summed E-state index contributed by atoms with van der Waals surface area (Å²) < 4.78 is 69.9. The maximum atomic E-state index is 11.7. The van der Waals surface area contributed by atoms with E-state index in [-0.39, 0.29) is 13.1 Å². The molecule has 106 valence electrons. The minimum Gasteiger partial charge on any atom is -0.355 e. The van der Waals surface area contributed by atoms with Gasteiger partial charge in [-0.2, -0.15) is 26.3 Å². The van der Waals surface area contributed by atoms with Gasteiger partial charge in [0.25, 0.3) is 0 Å². The molecule has 0 rings (SSSR count). The Morgan fingerprint density at radius 2 is 1.00 bits per heavy atom. The van der Waals surface area contributed by atoms with Gasteiger partial charge >= 0.3 is 12.6 Å². The molecule has 18 heavy (non-hydrogen) atoms. The third kappa shape index (κ3) is 10.6. The second-order valence-corrected chi connectivity index (χ2v) is 2.85. The highest BCUT2D eigenvalue weighted by molar-refractivity contribution is 5.77. The van der Waals surface area contributed by atoms with Crippen LogP contribution in [0, 0.1) is 10.8 Å². The summed E-state index contributed by atoms with van der Waals surface area (Å²) in [6, 6.07) is 0. The Morgan fingerprint density at radius 1 is 0.722 bits per heavy atom. The summed E-state index contributed by atoms with van der Waals surface area (Å²) in [7, 11) is 0. The molecule has 0 aromatic heterocycles. The fraction of sp³-hybridized carbons (Fsp3) is 0.667. The Morgan fingerprint density at radius 3 is 1.22 bits per heavy atom. The third-order valence-electron chi connectivity index (χ3n) is 1.26. The molecule has 12 heteroatoms. The largest absolute Gasteiger partial charge is 0.484 e. The Balaban J connectivity index is 3.69. The van der Waals surface area contributed by atoms with Crippen LogP contribution in [0.1, 0.15) is 0 Å². The van der Waals surface area contributed by atoms with Gasteiger partial charge in [-0.15, -0.1) is 0 Å². The first-order chi connectivity index (χ1) is 7.99. The summed E-state index contributed by atoms with van der Waals surface area (Å²) >= 11 is 0. The van der Waals surface area contributed by atoms with Crippen molar-refractivity contribution in [3.63, 3.8) is 0 Å². The molecule has 0 bridgehead atoms. The third-order valence-corrected chi connectivity index (χ3v) is 1.26. The van der Waals surface area contributed by atoms with Gasteiger partial charge in [0.15, 0.2) is 11.9 Å². The second-order valence-electron chi connectivity index (χ2n) is 2.85. The van der Waals surface area contributed by atoms with Crippen molar-refractivity contribution in [3.05, 3.63) is 0 Å². The van der Waals surface area contributed by atoms with Crippen molar-refractivity contribution in [1.29, 1.82) is 10.8 Å². The quantitative estimate of drug-likeness (QED) is 0.147. The number of guanidine groups is 2. The van der Waals surface area contributed by atoms with Crippen molar-refractivity contribution in [2.75, 3.05) is 13.1 Å². The van der Waals surface area contributed by atoms with Crippen LogP contribution in [0.15, 0.2) is 0 Å². The smallest absolute Gasteiger partial charge is 0.355 e. The number of rotatable bonds is 3. The van der Waals surface area contributed by atoms with E-state index < -0.39 is 24.5 Å². The molecule has 0 aliphatic rings. The Kier molecular flexibility index (Phi) is 5.52. The number of hydrogen-bond donors (Lipinski definition) is 6. The second kappa shape index (κ2) is 6.16. The first kappa shape index (κ1) is 16.1. The van der Waals surface area contributed by atoms with Gasteiger partial charge in [0.2, 0.25) is 0 Å². The van der Waals surface area contributed by atoms with E-state index in [1.807, 2.05) is 10.6 Å². The molecular weight excluding hydrogens is 270 g/mol. The molecule has 0 amide bonds. The van der Waals surface area contributed by atoms with E-state index in [4.69, 9.17) is 10.8 Å². The lowest BCUT2D eigenvalue weighted by atomic mass is 10.6. The molecule has 0 radical (unpaired) electrons. The van der Waals surface area contributed by atoms with Gasteiger partial charge in [0.05, 0.1) is 0 Å². The van der Waals surface area contributed by atoms with Crippen molar-refractivity contribution in [1.82, 2.24) is 21.3 Å². The van der Waals surface area contributed by atoms with Gasteiger partial charge in [0.1, 0.15) is 0 Å². The molecule has 0 aromatic carbocycles.